The maximum absolute atomic E-state index is 11.1. The van der Waals surface area contributed by atoms with Gasteiger partial charge in [-0.2, -0.15) is 13.1 Å². The molecule has 1 aromatic rings. The zero-order valence-electron chi connectivity index (χ0n) is 8.23. The molecule has 1 aromatic carbocycles. The summed E-state index contributed by atoms with van der Waals surface area (Å²) in [5.74, 6) is 0.721. The summed E-state index contributed by atoms with van der Waals surface area (Å²) in [6.07, 6.45) is 0. The third-order valence-electron chi connectivity index (χ3n) is 2.27. The zero-order valence-corrected chi connectivity index (χ0v) is 9.04. The Morgan fingerprint density at radius 3 is 2.87 bits per heavy atom. The van der Waals surface area contributed by atoms with Crippen molar-refractivity contribution in [3.8, 4) is 5.75 Å². The standard InChI is InChI=1S/C9H12N2O3S/c1-14-8-4-2-3-7(5-8)9-6-10-15(12,13)11-9/h2-5,9-11H,6H2,1H3/t9-/m0/s1. The molecule has 0 saturated carbocycles. The molecule has 0 bridgehead atoms. The number of rotatable bonds is 2. The van der Waals surface area contributed by atoms with Crippen molar-refractivity contribution in [2.45, 2.75) is 6.04 Å². The van der Waals surface area contributed by atoms with Crippen LogP contribution in [0.2, 0.25) is 0 Å². The third-order valence-corrected chi connectivity index (χ3v) is 3.41. The molecule has 0 unspecified atom stereocenters. The minimum atomic E-state index is -3.30. The molecule has 0 amide bonds. The maximum atomic E-state index is 11.1. The summed E-state index contributed by atoms with van der Waals surface area (Å²) in [7, 11) is -1.72. The van der Waals surface area contributed by atoms with Crippen molar-refractivity contribution in [1.82, 2.24) is 9.44 Å². The predicted octanol–water partition coefficient (Wildman–Crippen LogP) is 0.174. The van der Waals surface area contributed by atoms with Crippen LogP contribution >= 0.6 is 0 Å². The number of nitrogens with one attached hydrogen (secondary N) is 2. The molecule has 1 fully saturated rings. The van der Waals surface area contributed by atoms with E-state index in [-0.39, 0.29) is 6.04 Å². The van der Waals surface area contributed by atoms with Crippen molar-refractivity contribution >= 4 is 10.2 Å². The van der Waals surface area contributed by atoms with E-state index < -0.39 is 10.2 Å². The molecule has 6 heteroatoms. The molecule has 5 nitrogen and oxygen atoms in total. The Morgan fingerprint density at radius 2 is 2.27 bits per heavy atom. The molecule has 0 spiro atoms. The SMILES string of the molecule is COc1cccc([C@@H]2CNS(=O)(=O)N2)c1. The Kier molecular flexibility index (Phi) is 2.64. The highest BCUT2D eigenvalue weighted by Gasteiger charge is 2.27. The van der Waals surface area contributed by atoms with Crippen LogP contribution < -0.4 is 14.2 Å². The van der Waals surface area contributed by atoms with Gasteiger partial charge in [-0.05, 0) is 17.7 Å². The van der Waals surface area contributed by atoms with Gasteiger partial charge in [0.05, 0.1) is 13.2 Å². The molecule has 0 aromatic heterocycles. The van der Waals surface area contributed by atoms with Gasteiger partial charge in [0.15, 0.2) is 0 Å². The molecule has 1 aliphatic heterocycles. The number of hydrogen-bond acceptors (Lipinski definition) is 3. The molecule has 1 atom stereocenters. The lowest BCUT2D eigenvalue weighted by Crippen LogP contribution is -2.23. The van der Waals surface area contributed by atoms with Crippen LogP contribution in [0.25, 0.3) is 0 Å². The van der Waals surface area contributed by atoms with Crippen molar-refractivity contribution in [3.05, 3.63) is 29.8 Å². The first-order chi connectivity index (χ1) is 7.11. The van der Waals surface area contributed by atoms with Gasteiger partial charge in [0.25, 0.3) is 10.2 Å². The minimum Gasteiger partial charge on any atom is -0.497 e. The van der Waals surface area contributed by atoms with E-state index in [4.69, 9.17) is 4.74 Å². The predicted molar refractivity (Wildman–Crippen MR) is 55.8 cm³/mol. The van der Waals surface area contributed by atoms with E-state index in [2.05, 4.69) is 9.44 Å². The molecule has 0 radical (unpaired) electrons. The van der Waals surface area contributed by atoms with Gasteiger partial charge in [-0.3, -0.25) is 0 Å². The topological polar surface area (TPSA) is 67.4 Å². The largest absolute Gasteiger partial charge is 0.497 e. The lowest BCUT2D eigenvalue weighted by atomic mass is 10.1. The highest BCUT2D eigenvalue weighted by atomic mass is 32.2. The Bertz CT molecular complexity index is 458. The third kappa shape index (κ3) is 2.28. The highest BCUT2D eigenvalue weighted by molar-refractivity contribution is 7.87. The Morgan fingerprint density at radius 1 is 1.47 bits per heavy atom. The van der Waals surface area contributed by atoms with Gasteiger partial charge >= 0.3 is 0 Å². The summed E-state index contributed by atoms with van der Waals surface area (Å²) in [5.41, 5.74) is 0.892. The number of hydrogen-bond donors (Lipinski definition) is 2. The van der Waals surface area contributed by atoms with E-state index in [1.54, 1.807) is 7.11 Å². The molecule has 1 heterocycles. The monoisotopic (exact) mass is 228 g/mol. The number of methoxy groups -OCH3 is 1. The van der Waals surface area contributed by atoms with E-state index in [9.17, 15) is 8.42 Å². The van der Waals surface area contributed by atoms with Crippen LogP contribution in [0.1, 0.15) is 11.6 Å². The number of benzene rings is 1. The summed E-state index contributed by atoms with van der Waals surface area (Å²) in [4.78, 5) is 0. The summed E-state index contributed by atoms with van der Waals surface area (Å²) in [6, 6.07) is 7.12. The second kappa shape index (κ2) is 3.80. The Hall–Kier alpha value is -1.11. The van der Waals surface area contributed by atoms with Gasteiger partial charge < -0.3 is 4.74 Å². The molecule has 82 valence electrons. The van der Waals surface area contributed by atoms with Crippen molar-refractivity contribution < 1.29 is 13.2 Å². The highest BCUT2D eigenvalue weighted by Crippen LogP contribution is 2.21. The van der Waals surface area contributed by atoms with E-state index in [1.165, 1.54) is 0 Å². The molecular weight excluding hydrogens is 216 g/mol. The van der Waals surface area contributed by atoms with Gasteiger partial charge in [-0.25, -0.2) is 4.72 Å². The van der Waals surface area contributed by atoms with E-state index >= 15 is 0 Å². The minimum absolute atomic E-state index is 0.218. The van der Waals surface area contributed by atoms with Crippen molar-refractivity contribution in [2.24, 2.45) is 0 Å². The summed E-state index contributed by atoms with van der Waals surface area (Å²) in [6.45, 7) is 0.371. The van der Waals surface area contributed by atoms with Crippen LogP contribution in [-0.4, -0.2) is 22.1 Å². The first-order valence-corrected chi connectivity index (χ1v) is 6.00. The van der Waals surface area contributed by atoms with Gasteiger partial charge in [0.1, 0.15) is 5.75 Å². The van der Waals surface area contributed by atoms with E-state index in [0.29, 0.717) is 6.54 Å². The number of ether oxygens (including phenoxy) is 1. The van der Waals surface area contributed by atoms with E-state index in [0.717, 1.165) is 11.3 Å². The maximum Gasteiger partial charge on any atom is 0.277 e. The normalized spacial score (nSPS) is 23.9. The molecule has 1 aliphatic rings. The van der Waals surface area contributed by atoms with Crippen molar-refractivity contribution in [1.29, 1.82) is 0 Å². The molecule has 2 rings (SSSR count). The lowest BCUT2D eigenvalue weighted by molar-refractivity contribution is 0.413. The molecule has 0 aliphatic carbocycles. The van der Waals surface area contributed by atoms with Gasteiger partial charge in [-0.1, -0.05) is 12.1 Å². The zero-order chi connectivity index (χ0) is 10.9. The van der Waals surface area contributed by atoms with Crippen LogP contribution in [0.15, 0.2) is 24.3 Å². The summed E-state index contributed by atoms with van der Waals surface area (Å²) < 4.78 is 32.2. The van der Waals surface area contributed by atoms with Crippen LogP contribution in [0.3, 0.4) is 0 Å². The molecule has 15 heavy (non-hydrogen) atoms. The van der Waals surface area contributed by atoms with Crippen LogP contribution in [0.4, 0.5) is 0 Å². The quantitative estimate of drug-likeness (QED) is 0.758. The summed E-state index contributed by atoms with van der Waals surface area (Å²) >= 11 is 0. The first kappa shape index (κ1) is 10.4. The Balaban J connectivity index is 2.24. The average molecular weight is 228 g/mol. The van der Waals surface area contributed by atoms with Gasteiger partial charge in [-0.15, -0.1) is 0 Å². The summed E-state index contributed by atoms with van der Waals surface area (Å²) in [5, 5.41) is 0. The van der Waals surface area contributed by atoms with Gasteiger partial charge in [0, 0.05) is 6.54 Å². The molecular formula is C9H12N2O3S. The lowest BCUT2D eigenvalue weighted by Gasteiger charge is -2.09. The molecule has 2 N–H and O–H groups in total. The second-order valence-corrected chi connectivity index (χ2v) is 4.83. The van der Waals surface area contributed by atoms with Crippen LogP contribution in [0.5, 0.6) is 5.75 Å². The van der Waals surface area contributed by atoms with Crippen LogP contribution in [0, 0.1) is 0 Å². The molecule has 1 saturated heterocycles. The fourth-order valence-corrected chi connectivity index (χ4v) is 2.57. The van der Waals surface area contributed by atoms with Crippen molar-refractivity contribution in [2.75, 3.05) is 13.7 Å². The first-order valence-electron chi connectivity index (χ1n) is 4.51. The fourth-order valence-electron chi connectivity index (χ4n) is 1.51. The Labute approximate surface area is 88.6 Å². The smallest absolute Gasteiger partial charge is 0.277 e. The van der Waals surface area contributed by atoms with Gasteiger partial charge in [0.2, 0.25) is 0 Å². The average Bonchev–Trinajstić information content (AvgIpc) is 2.59. The van der Waals surface area contributed by atoms with E-state index in [1.807, 2.05) is 24.3 Å². The van der Waals surface area contributed by atoms with Crippen LogP contribution in [-0.2, 0) is 10.2 Å². The second-order valence-electron chi connectivity index (χ2n) is 3.30. The van der Waals surface area contributed by atoms with Crippen molar-refractivity contribution in [3.63, 3.8) is 0 Å². The fraction of sp³-hybridized carbons (Fsp3) is 0.333.